The highest BCUT2D eigenvalue weighted by molar-refractivity contribution is 5.26. The number of aryl methyl sites for hydroxylation is 2. The Bertz CT molecular complexity index is 558. The molecule has 0 aliphatic rings. The fourth-order valence-corrected chi connectivity index (χ4v) is 2.10. The van der Waals surface area contributed by atoms with E-state index in [1.807, 2.05) is 13.8 Å². The van der Waals surface area contributed by atoms with E-state index in [9.17, 15) is 13.9 Å². The van der Waals surface area contributed by atoms with E-state index < -0.39 is 17.7 Å². The summed E-state index contributed by atoms with van der Waals surface area (Å²) in [4.78, 5) is 4.20. The van der Waals surface area contributed by atoms with Gasteiger partial charge in [-0.1, -0.05) is 6.07 Å². The van der Waals surface area contributed by atoms with Crippen LogP contribution in [0.4, 0.5) is 8.78 Å². The van der Waals surface area contributed by atoms with Crippen LogP contribution in [-0.4, -0.2) is 10.1 Å². The molecule has 0 amide bonds. The Morgan fingerprint density at radius 2 is 1.63 bits per heavy atom. The third kappa shape index (κ3) is 3.15. The van der Waals surface area contributed by atoms with Crippen molar-refractivity contribution in [3.05, 3.63) is 64.5 Å². The summed E-state index contributed by atoms with van der Waals surface area (Å²) < 4.78 is 27.0. The first kappa shape index (κ1) is 13.6. The van der Waals surface area contributed by atoms with E-state index >= 15 is 0 Å². The van der Waals surface area contributed by atoms with Gasteiger partial charge in [0.1, 0.15) is 11.6 Å². The molecule has 100 valence electrons. The Labute approximate surface area is 110 Å². The van der Waals surface area contributed by atoms with Crippen molar-refractivity contribution < 1.29 is 13.9 Å². The summed E-state index contributed by atoms with van der Waals surface area (Å²) in [5.74, 6) is -1.27. The Hall–Kier alpha value is -1.81. The molecule has 2 nitrogen and oxygen atoms in total. The van der Waals surface area contributed by atoms with E-state index in [-0.39, 0.29) is 12.0 Å². The molecule has 2 aromatic rings. The molecule has 0 radical (unpaired) electrons. The minimum absolute atomic E-state index is 0.0953. The fraction of sp³-hybridized carbons (Fsp3) is 0.267. The minimum atomic E-state index is -0.952. The molecule has 0 saturated heterocycles. The molecular formula is C15H15F2NO. The van der Waals surface area contributed by atoms with E-state index in [0.717, 1.165) is 11.4 Å². The van der Waals surface area contributed by atoms with Crippen LogP contribution in [0.15, 0.2) is 30.3 Å². The van der Waals surface area contributed by atoms with Crippen LogP contribution >= 0.6 is 0 Å². The summed E-state index contributed by atoms with van der Waals surface area (Å²) in [7, 11) is 0. The Balaban J connectivity index is 2.28. The van der Waals surface area contributed by atoms with E-state index in [2.05, 4.69) is 4.98 Å². The zero-order valence-corrected chi connectivity index (χ0v) is 10.8. The van der Waals surface area contributed by atoms with Crippen LogP contribution in [0, 0.1) is 25.5 Å². The fourth-order valence-electron chi connectivity index (χ4n) is 2.10. The maximum Gasteiger partial charge on any atom is 0.129 e. The zero-order chi connectivity index (χ0) is 14.0. The maximum atomic E-state index is 13.5. The highest BCUT2D eigenvalue weighted by Gasteiger charge is 2.16. The van der Waals surface area contributed by atoms with Crippen LogP contribution in [0.3, 0.4) is 0 Å². The third-order valence-corrected chi connectivity index (χ3v) is 2.95. The zero-order valence-electron chi connectivity index (χ0n) is 10.8. The second kappa shape index (κ2) is 5.45. The number of hydrogen-bond acceptors (Lipinski definition) is 2. The lowest BCUT2D eigenvalue weighted by Crippen LogP contribution is -2.07. The quantitative estimate of drug-likeness (QED) is 0.922. The van der Waals surface area contributed by atoms with Crippen molar-refractivity contribution in [3.63, 3.8) is 0 Å². The first-order chi connectivity index (χ1) is 8.97. The summed E-state index contributed by atoms with van der Waals surface area (Å²) in [5, 5.41) is 10.1. The van der Waals surface area contributed by atoms with E-state index in [1.165, 1.54) is 18.2 Å². The van der Waals surface area contributed by atoms with Gasteiger partial charge in [-0.3, -0.25) is 4.98 Å². The monoisotopic (exact) mass is 263 g/mol. The highest BCUT2D eigenvalue weighted by Crippen LogP contribution is 2.23. The number of aromatic nitrogens is 1. The molecule has 1 N–H and O–H groups in total. The van der Waals surface area contributed by atoms with Crippen LogP contribution in [0.25, 0.3) is 0 Å². The minimum Gasteiger partial charge on any atom is -0.388 e. The molecule has 0 spiro atoms. The number of aliphatic hydroxyl groups is 1. The van der Waals surface area contributed by atoms with Crippen molar-refractivity contribution in [3.8, 4) is 0 Å². The number of benzene rings is 1. The molecule has 1 atom stereocenters. The predicted molar refractivity (Wildman–Crippen MR) is 68.7 cm³/mol. The summed E-state index contributed by atoms with van der Waals surface area (Å²) in [5.41, 5.74) is 2.06. The summed E-state index contributed by atoms with van der Waals surface area (Å²) in [6.07, 6.45) is -1.05. The Kier molecular flexibility index (Phi) is 3.90. The molecule has 0 aliphatic carbocycles. The van der Waals surface area contributed by atoms with Gasteiger partial charge in [-0.25, -0.2) is 8.78 Å². The second-order valence-corrected chi connectivity index (χ2v) is 4.60. The normalized spacial score (nSPS) is 12.5. The molecule has 1 heterocycles. The van der Waals surface area contributed by atoms with Gasteiger partial charge in [0.05, 0.1) is 6.10 Å². The van der Waals surface area contributed by atoms with Gasteiger partial charge in [-0.2, -0.15) is 0 Å². The lowest BCUT2D eigenvalue weighted by atomic mass is 10.00. The summed E-state index contributed by atoms with van der Waals surface area (Å²) in [6.45, 7) is 3.62. The van der Waals surface area contributed by atoms with Gasteiger partial charge in [-0.15, -0.1) is 0 Å². The number of aliphatic hydroxyl groups excluding tert-OH is 1. The highest BCUT2D eigenvalue weighted by atomic mass is 19.1. The van der Waals surface area contributed by atoms with Crippen molar-refractivity contribution in [1.82, 2.24) is 4.98 Å². The number of nitrogens with zero attached hydrogens (tertiary/aromatic N) is 1. The number of pyridine rings is 1. The van der Waals surface area contributed by atoms with Crippen LogP contribution in [-0.2, 0) is 6.42 Å². The van der Waals surface area contributed by atoms with Crippen molar-refractivity contribution in [1.29, 1.82) is 0 Å². The average Bonchev–Trinajstić information content (AvgIpc) is 2.32. The second-order valence-electron chi connectivity index (χ2n) is 4.60. The lowest BCUT2D eigenvalue weighted by Gasteiger charge is -2.13. The number of hydrogen-bond donors (Lipinski definition) is 1. The molecule has 0 saturated carbocycles. The van der Waals surface area contributed by atoms with Crippen LogP contribution in [0.1, 0.15) is 28.6 Å². The maximum absolute atomic E-state index is 13.5. The van der Waals surface area contributed by atoms with Gasteiger partial charge in [0.15, 0.2) is 0 Å². The van der Waals surface area contributed by atoms with E-state index in [0.29, 0.717) is 5.56 Å². The van der Waals surface area contributed by atoms with Gasteiger partial charge >= 0.3 is 0 Å². The van der Waals surface area contributed by atoms with Crippen LogP contribution < -0.4 is 0 Å². The standard InChI is InChI=1S/C15H15F2NO/c1-9-6-11(7-10(2)18-9)15(19)8-12-13(16)4-3-5-14(12)17/h3-7,15,19H,8H2,1-2H3. The molecule has 19 heavy (non-hydrogen) atoms. The molecule has 0 fully saturated rings. The van der Waals surface area contributed by atoms with E-state index in [1.54, 1.807) is 12.1 Å². The first-order valence-corrected chi connectivity index (χ1v) is 6.03. The molecule has 2 rings (SSSR count). The number of halogens is 2. The van der Waals surface area contributed by atoms with Crippen molar-refractivity contribution in [2.75, 3.05) is 0 Å². The molecule has 0 aliphatic heterocycles. The van der Waals surface area contributed by atoms with Gasteiger partial charge in [0.2, 0.25) is 0 Å². The average molecular weight is 263 g/mol. The summed E-state index contributed by atoms with van der Waals surface area (Å²) >= 11 is 0. The van der Waals surface area contributed by atoms with Crippen molar-refractivity contribution in [2.24, 2.45) is 0 Å². The van der Waals surface area contributed by atoms with Crippen LogP contribution in [0.2, 0.25) is 0 Å². The first-order valence-electron chi connectivity index (χ1n) is 6.03. The SMILES string of the molecule is Cc1cc(C(O)Cc2c(F)cccc2F)cc(C)n1. The topological polar surface area (TPSA) is 33.1 Å². The lowest BCUT2D eigenvalue weighted by molar-refractivity contribution is 0.175. The predicted octanol–water partition coefficient (Wildman–Crippen LogP) is 3.25. The third-order valence-electron chi connectivity index (χ3n) is 2.95. The van der Waals surface area contributed by atoms with Crippen LogP contribution in [0.5, 0.6) is 0 Å². The largest absolute Gasteiger partial charge is 0.388 e. The van der Waals surface area contributed by atoms with Gasteiger partial charge in [0, 0.05) is 23.4 Å². The smallest absolute Gasteiger partial charge is 0.129 e. The molecule has 1 aromatic heterocycles. The van der Waals surface area contributed by atoms with Gasteiger partial charge in [-0.05, 0) is 43.7 Å². The molecular weight excluding hydrogens is 248 g/mol. The number of rotatable bonds is 3. The molecule has 1 aromatic carbocycles. The van der Waals surface area contributed by atoms with Crippen molar-refractivity contribution in [2.45, 2.75) is 26.4 Å². The Morgan fingerprint density at radius 3 is 2.16 bits per heavy atom. The molecule has 0 bridgehead atoms. The Morgan fingerprint density at radius 1 is 1.11 bits per heavy atom. The van der Waals surface area contributed by atoms with Gasteiger partial charge < -0.3 is 5.11 Å². The van der Waals surface area contributed by atoms with Crippen molar-refractivity contribution >= 4 is 0 Å². The summed E-state index contributed by atoms with van der Waals surface area (Å²) in [6, 6.07) is 7.12. The molecule has 4 heteroatoms. The van der Waals surface area contributed by atoms with Gasteiger partial charge in [0.25, 0.3) is 0 Å². The van der Waals surface area contributed by atoms with E-state index in [4.69, 9.17) is 0 Å². The molecule has 1 unspecified atom stereocenters.